The second-order valence-electron chi connectivity index (χ2n) is 6.37. The molecule has 2 unspecified atom stereocenters. The summed E-state index contributed by atoms with van der Waals surface area (Å²) in [6.07, 6.45) is 6.57. The summed E-state index contributed by atoms with van der Waals surface area (Å²) in [7, 11) is 0. The Morgan fingerprint density at radius 3 is 2.44 bits per heavy atom. The number of rotatable bonds is 7. The van der Waals surface area contributed by atoms with Crippen LogP contribution in [0.3, 0.4) is 0 Å². The number of nitrogens with one attached hydrogen (secondary N) is 1. The lowest BCUT2D eigenvalue weighted by Crippen LogP contribution is -2.26. The normalized spacial score (nSPS) is 22.7. The Hall–Kier alpha value is -0.820. The molecule has 1 heteroatoms. The molecule has 0 heterocycles. The molecule has 1 N–H and O–H groups in total. The molecule has 1 saturated carbocycles. The Balaban J connectivity index is 1.95. The van der Waals surface area contributed by atoms with Gasteiger partial charge in [-0.15, -0.1) is 0 Å². The first-order valence-electron chi connectivity index (χ1n) is 7.44. The van der Waals surface area contributed by atoms with Gasteiger partial charge in [-0.1, -0.05) is 70.4 Å². The van der Waals surface area contributed by atoms with E-state index in [-0.39, 0.29) is 0 Å². The monoisotopic (exact) mass is 245 g/mol. The van der Waals surface area contributed by atoms with Crippen molar-refractivity contribution in [1.82, 2.24) is 5.32 Å². The van der Waals surface area contributed by atoms with Crippen LogP contribution in [0.15, 0.2) is 30.3 Å². The van der Waals surface area contributed by atoms with Crippen molar-refractivity contribution >= 4 is 0 Å². The molecular formula is C17H27N. The standard InChI is InChI=1S/C17H27N/c1-4-5-7-12-15(14-10-8-6-9-11-14)18-16-13-17(16,2)3/h6,8-11,15-16,18H,4-5,7,12-13H2,1-3H3. The fraction of sp³-hybridized carbons (Fsp3) is 0.647. The highest BCUT2D eigenvalue weighted by Crippen LogP contribution is 2.46. The minimum Gasteiger partial charge on any atom is -0.307 e. The summed E-state index contributed by atoms with van der Waals surface area (Å²) in [4.78, 5) is 0. The Labute approximate surface area is 112 Å². The Morgan fingerprint density at radius 1 is 1.22 bits per heavy atom. The molecule has 1 aromatic rings. The summed E-state index contributed by atoms with van der Waals surface area (Å²) < 4.78 is 0. The van der Waals surface area contributed by atoms with E-state index in [1.165, 1.54) is 37.7 Å². The maximum atomic E-state index is 3.86. The van der Waals surface area contributed by atoms with E-state index in [4.69, 9.17) is 0 Å². The molecule has 0 bridgehead atoms. The van der Waals surface area contributed by atoms with Crippen LogP contribution in [0.1, 0.15) is 64.5 Å². The van der Waals surface area contributed by atoms with Crippen LogP contribution in [0.5, 0.6) is 0 Å². The van der Waals surface area contributed by atoms with E-state index in [1.807, 2.05) is 0 Å². The summed E-state index contributed by atoms with van der Waals surface area (Å²) >= 11 is 0. The second-order valence-corrected chi connectivity index (χ2v) is 6.37. The molecule has 0 saturated heterocycles. The van der Waals surface area contributed by atoms with E-state index < -0.39 is 0 Å². The zero-order valence-electron chi connectivity index (χ0n) is 12.1. The molecule has 1 aromatic carbocycles. The number of hydrogen-bond acceptors (Lipinski definition) is 1. The molecule has 0 radical (unpaired) electrons. The van der Waals surface area contributed by atoms with Gasteiger partial charge in [0.15, 0.2) is 0 Å². The third-order valence-electron chi connectivity index (χ3n) is 4.21. The smallest absolute Gasteiger partial charge is 0.0322 e. The van der Waals surface area contributed by atoms with E-state index in [9.17, 15) is 0 Å². The number of benzene rings is 1. The molecule has 1 aliphatic rings. The summed E-state index contributed by atoms with van der Waals surface area (Å²) in [5.41, 5.74) is 1.97. The van der Waals surface area contributed by atoms with Crippen molar-refractivity contribution in [3.8, 4) is 0 Å². The molecule has 0 spiro atoms. The Bertz CT molecular complexity index is 355. The van der Waals surface area contributed by atoms with Crippen LogP contribution in [0, 0.1) is 5.41 Å². The third-order valence-corrected chi connectivity index (χ3v) is 4.21. The number of unbranched alkanes of at least 4 members (excludes halogenated alkanes) is 2. The van der Waals surface area contributed by atoms with E-state index >= 15 is 0 Å². The fourth-order valence-electron chi connectivity index (χ4n) is 2.62. The van der Waals surface area contributed by atoms with E-state index in [0.717, 1.165) is 0 Å². The van der Waals surface area contributed by atoms with Crippen molar-refractivity contribution in [3.05, 3.63) is 35.9 Å². The van der Waals surface area contributed by atoms with Gasteiger partial charge in [-0.2, -0.15) is 0 Å². The van der Waals surface area contributed by atoms with Gasteiger partial charge in [-0.05, 0) is 23.8 Å². The average Bonchev–Trinajstić information content (AvgIpc) is 2.97. The van der Waals surface area contributed by atoms with Crippen molar-refractivity contribution in [3.63, 3.8) is 0 Å². The first kappa shape index (κ1) is 13.6. The van der Waals surface area contributed by atoms with Gasteiger partial charge < -0.3 is 5.32 Å². The molecule has 2 rings (SSSR count). The van der Waals surface area contributed by atoms with Gasteiger partial charge in [0.05, 0.1) is 0 Å². The molecule has 1 aliphatic carbocycles. The molecular weight excluding hydrogens is 218 g/mol. The van der Waals surface area contributed by atoms with Crippen molar-refractivity contribution in [2.75, 3.05) is 0 Å². The van der Waals surface area contributed by atoms with Gasteiger partial charge in [-0.25, -0.2) is 0 Å². The molecule has 0 aliphatic heterocycles. The van der Waals surface area contributed by atoms with Crippen LogP contribution in [-0.2, 0) is 0 Å². The molecule has 1 nitrogen and oxygen atoms in total. The number of hydrogen-bond donors (Lipinski definition) is 1. The Morgan fingerprint density at radius 2 is 1.89 bits per heavy atom. The summed E-state index contributed by atoms with van der Waals surface area (Å²) in [5, 5.41) is 3.86. The first-order valence-corrected chi connectivity index (χ1v) is 7.44. The van der Waals surface area contributed by atoms with E-state index in [1.54, 1.807) is 0 Å². The zero-order valence-corrected chi connectivity index (χ0v) is 12.1. The quantitative estimate of drug-likeness (QED) is 0.687. The predicted molar refractivity (Wildman–Crippen MR) is 78.6 cm³/mol. The van der Waals surface area contributed by atoms with Gasteiger partial charge in [0, 0.05) is 12.1 Å². The van der Waals surface area contributed by atoms with Crippen LogP contribution in [-0.4, -0.2) is 6.04 Å². The summed E-state index contributed by atoms with van der Waals surface area (Å²) in [6.45, 7) is 6.99. The van der Waals surface area contributed by atoms with E-state index in [0.29, 0.717) is 17.5 Å². The lowest BCUT2D eigenvalue weighted by Gasteiger charge is -2.20. The largest absolute Gasteiger partial charge is 0.307 e. The van der Waals surface area contributed by atoms with Gasteiger partial charge >= 0.3 is 0 Å². The molecule has 2 atom stereocenters. The van der Waals surface area contributed by atoms with Gasteiger partial charge in [0.25, 0.3) is 0 Å². The van der Waals surface area contributed by atoms with Crippen molar-refractivity contribution in [2.24, 2.45) is 5.41 Å². The highest BCUT2D eigenvalue weighted by molar-refractivity contribution is 5.20. The highest BCUT2D eigenvalue weighted by Gasteiger charge is 2.46. The molecule has 0 aromatic heterocycles. The summed E-state index contributed by atoms with van der Waals surface area (Å²) in [6, 6.07) is 12.2. The van der Waals surface area contributed by atoms with Crippen LogP contribution in [0.25, 0.3) is 0 Å². The lowest BCUT2D eigenvalue weighted by molar-refractivity contribution is 0.435. The third kappa shape index (κ3) is 3.58. The topological polar surface area (TPSA) is 12.0 Å². The van der Waals surface area contributed by atoms with Gasteiger partial charge in [0.1, 0.15) is 0 Å². The van der Waals surface area contributed by atoms with Gasteiger partial charge in [-0.3, -0.25) is 0 Å². The highest BCUT2D eigenvalue weighted by atomic mass is 15.0. The fourth-order valence-corrected chi connectivity index (χ4v) is 2.62. The maximum absolute atomic E-state index is 3.86. The van der Waals surface area contributed by atoms with Crippen LogP contribution in [0.2, 0.25) is 0 Å². The minimum atomic E-state index is 0.512. The average molecular weight is 245 g/mol. The Kier molecular flexibility index (Phi) is 4.45. The molecule has 18 heavy (non-hydrogen) atoms. The van der Waals surface area contributed by atoms with Crippen LogP contribution >= 0.6 is 0 Å². The zero-order chi connectivity index (χ0) is 13.0. The molecule has 0 amide bonds. The SMILES string of the molecule is CCCCCC(NC1CC1(C)C)c1ccccc1. The summed E-state index contributed by atoms with van der Waals surface area (Å²) in [5.74, 6) is 0. The van der Waals surface area contributed by atoms with Crippen molar-refractivity contribution < 1.29 is 0 Å². The van der Waals surface area contributed by atoms with Gasteiger partial charge in [0.2, 0.25) is 0 Å². The van der Waals surface area contributed by atoms with Crippen molar-refractivity contribution in [2.45, 2.75) is 65.0 Å². The minimum absolute atomic E-state index is 0.512. The first-order chi connectivity index (χ1) is 8.63. The molecule has 100 valence electrons. The maximum Gasteiger partial charge on any atom is 0.0322 e. The lowest BCUT2D eigenvalue weighted by atomic mass is 10.00. The van der Waals surface area contributed by atoms with Crippen LogP contribution < -0.4 is 5.32 Å². The second kappa shape index (κ2) is 5.88. The molecule has 1 fully saturated rings. The van der Waals surface area contributed by atoms with Crippen molar-refractivity contribution in [1.29, 1.82) is 0 Å². The van der Waals surface area contributed by atoms with Crippen LogP contribution in [0.4, 0.5) is 0 Å². The predicted octanol–water partition coefficient (Wildman–Crippen LogP) is 4.70. The van der Waals surface area contributed by atoms with E-state index in [2.05, 4.69) is 56.4 Å².